The second kappa shape index (κ2) is 6.89. The number of nitrogens with zero attached hydrogens (tertiary/aromatic N) is 1. The van der Waals surface area contributed by atoms with Crippen LogP contribution in [-0.2, 0) is 0 Å². The van der Waals surface area contributed by atoms with Gasteiger partial charge in [-0.15, -0.1) is 0 Å². The molecule has 2 N–H and O–H groups in total. The van der Waals surface area contributed by atoms with Crippen molar-refractivity contribution in [3.8, 4) is 0 Å². The first-order valence-corrected chi connectivity index (χ1v) is 8.18. The normalized spacial score (nSPS) is 12.0. The van der Waals surface area contributed by atoms with Crippen molar-refractivity contribution < 1.29 is 9.18 Å². The highest BCUT2D eigenvalue weighted by Crippen LogP contribution is 2.29. The molecule has 0 radical (unpaired) electrons. The fourth-order valence-electron chi connectivity index (χ4n) is 2.89. The largest absolute Gasteiger partial charge is 0.350 e. The van der Waals surface area contributed by atoms with Crippen molar-refractivity contribution in [2.45, 2.75) is 26.7 Å². The third kappa shape index (κ3) is 3.45. The van der Waals surface area contributed by atoms with Gasteiger partial charge < -0.3 is 4.98 Å². The number of fused-ring (bicyclic) bond motifs is 1. The maximum atomic E-state index is 13.0. The Morgan fingerprint density at radius 2 is 1.80 bits per heavy atom. The van der Waals surface area contributed by atoms with Gasteiger partial charge in [0, 0.05) is 10.9 Å². The number of H-pyrrole nitrogens is 1. The lowest BCUT2D eigenvalue weighted by Crippen LogP contribution is -2.21. The van der Waals surface area contributed by atoms with E-state index in [0.717, 1.165) is 22.0 Å². The Balaban J connectivity index is 1.88. The van der Waals surface area contributed by atoms with E-state index in [0.29, 0.717) is 11.4 Å². The van der Waals surface area contributed by atoms with Crippen molar-refractivity contribution in [3.05, 3.63) is 71.2 Å². The number of carbonyl (C=O) groups is 1. The van der Waals surface area contributed by atoms with Crippen LogP contribution in [0.1, 0.15) is 48.3 Å². The molecule has 128 valence electrons. The molecule has 0 aliphatic rings. The van der Waals surface area contributed by atoms with Crippen molar-refractivity contribution >= 4 is 22.5 Å². The second-order valence-corrected chi connectivity index (χ2v) is 6.26. The third-order valence-corrected chi connectivity index (χ3v) is 4.14. The number of halogens is 1. The molecule has 0 atom stereocenters. The van der Waals surface area contributed by atoms with Gasteiger partial charge in [-0.05, 0) is 42.2 Å². The molecule has 5 heteroatoms. The number of amides is 1. The van der Waals surface area contributed by atoms with Crippen LogP contribution in [0, 0.1) is 5.82 Å². The molecule has 25 heavy (non-hydrogen) atoms. The number of aromatic nitrogens is 1. The van der Waals surface area contributed by atoms with Gasteiger partial charge in [-0.2, -0.15) is 5.10 Å². The van der Waals surface area contributed by atoms with Crippen LogP contribution >= 0.6 is 0 Å². The molecule has 1 aromatic heterocycles. The fraction of sp³-hybridized carbons (Fsp3) is 0.200. The van der Waals surface area contributed by atoms with Crippen LogP contribution in [-0.4, -0.2) is 16.6 Å². The number of aromatic amines is 1. The molecule has 0 unspecified atom stereocenters. The van der Waals surface area contributed by atoms with Gasteiger partial charge in [-0.1, -0.05) is 44.2 Å². The van der Waals surface area contributed by atoms with Crippen molar-refractivity contribution in [2.75, 3.05) is 0 Å². The molecule has 4 nitrogen and oxygen atoms in total. The van der Waals surface area contributed by atoms with E-state index in [-0.39, 0.29) is 17.6 Å². The van der Waals surface area contributed by atoms with Crippen LogP contribution in [0.5, 0.6) is 0 Å². The molecule has 0 saturated carbocycles. The lowest BCUT2D eigenvalue weighted by Gasteiger charge is -2.07. The van der Waals surface area contributed by atoms with E-state index in [1.165, 1.54) is 12.1 Å². The summed E-state index contributed by atoms with van der Waals surface area (Å²) in [6.07, 6.45) is 0. The minimum absolute atomic E-state index is 0.194. The lowest BCUT2D eigenvalue weighted by molar-refractivity contribution is 0.0949. The Bertz CT molecular complexity index is 939. The number of para-hydroxylation sites is 1. The van der Waals surface area contributed by atoms with Gasteiger partial charge in [0.05, 0.1) is 5.71 Å². The number of hydrazone groups is 1. The number of hydrogen-bond donors (Lipinski definition) is 2. The van der Waals surface area contributed by atoms with Gasteiger partial charge in [-0.25, -0.2) is 9.82 Å². The minimum atomic E-state index is -0.305. The highest BCUT2D eigenvalue weighted by Gasteiger charge is 2.19. The lowest BCUT2D eigenvalue weighted by atomic mass is 9.99. The van der Waals surface area contributed by atoms with E-state index >= 15 is 0 Å². The first-order valence-electron chi connectivity index (χ1n) is 8.18. The Morgan fingerprint density at radius 3 is 2.48 bits per heavy atom. The summed E-state index contributed by atoms with van der Waals surface area (Å²) in [7, 11) is 0. The van der Waals surface area contributed by atoms with Crippen molar-refractivity contribution in [2.24, 2.45) is 5.10 Å². The quantitative estimate of drug-likeness (QED) is 0.531. The van der Waals surface area contributed by atoms with E-state index in [9.17, 15) is 9.18 Å². The zero-order valence-electron chi connectivity index (χ0n) is 14.4. The molecule has 0 bridgehead atoms. The third-order valence-electron chi connectivity index (χ3n) is 4.14. The predicted molar refractivity (Wildman–Crippen MR) is 98.5 cm³/mol. The Labute approximate surface area is 145 Å². The summed E-state index contributed by atoms with van der Waals surface area (Å²) in [5.74, 6) is -0.402. The zero-order valence-corrected chi connectivity index (χ0v) is 14.4. The van der Waals surface area contributed by atoms with Crippen LogP contribution in [0.2, 0.25) is 0 Å². The molecule has 1 amide bonds. The standard InChI is InChI=1S/C20H20FN3O/c1-12(2)18-16-6-4-5-7-17(16)22-19(18)20(25)24-23-13(3)14-8-10-15(21)11-9-14/h4-12,22H,1-3H3,(H,24,25). The molecule has 0 fully saturated rings. The maximum absolute atomic E-state index is 13.0. The van der Waals surface area contributed by atoms with Crippen molar-refractivity contribution in [1.82, 2.24) is 10.4 Å². The molecule has 3 aromatic rings. The van der Waals surface area contributed by atoms with Crippen molar-refractivity contribution in [1.29, 1.82) is 0 Å². The average molecular weight is 337 g/mol. The molecule has 0 aliphatic carbocycles. The summed E-state index contributed by atoms with van der Waals surface area (Å²) in [6.45, 7) is 5.88. The van der Waals surface area contributed by atoms with Crippen LogP contribution in [0.3, 0.4) is 0 Å². The van der Waals surface area contributed by atoms with Crippen LogP contribution < -0.4 is 5.43 Å². The molecule has 3 rings (SSSR count). The van der Waals surface area contributed by atoms with Gasteiger partial charge in [0.1, 0.15) is 11.5 Å². The molecule has 0 saturated heterocycles. The predicted octanol–water partition coefficient (Wildman–Crippen LogP) is 4.58. The average Bonchev–Trinajstić information content (AvgIpc) is 2.99. The first kappa shape index (κ1) is 16.9. The summed E-state index contributed by atoms with van der Waals surface area (Å²) in [5.41, 5.74) is 6.37. The number of rotatable bonds is 4. The van der Waals surface area contributed by atoms with Gasteiger partial charge >= 0.3 is 0 Å². The van der Waals surface area contributed by atoms with Gasteiger partial charge in [0.15, 0.2) is 0 Å². The van der Waals surface area contributed by atoms with Crippen LogP contribution in [0.15, 0.2) is 53.6 Å². The highest BCUT2D eigenvalue weighted by atomic mass is 19.1. The Kier molecular flexibility index (Phi) is 4.65. The highest BCUT2D eigenvalue weighted by molar-refractivity contribution is 6.03. The first-order chi connectivity index (χ1) is 12.0. The van der Waals surface area contributed by atoms with E-state index in [1.54, 1.807) is 19.1 Å². The Morgan fingerprint density at radius 1 is 1.12 bits per heavy atom. The summed E-state index contributed by atoms with van der Waals surface area (Å²) >= 11 is 0. The monoisotopic (exact) mass is 337 g/mol. The zero-order chi connectivity index (χ0) is 18.0. The number of carbonyl (C=O) groups excluding carboxylic acids is 1. The Hall–Kier alpha value is -2.95. The summed E-state index contributed by atoms with van der Waals surface area (Å²) in [6, 6.07) is 13.8. The van der Waals surface area contributed by atoms with Gasteiger partial charge in [-0.3, -0.25) is 4.79 Å². The maximum Gasteiger partial charge on any atom is 0.288 e. The van der Waals surface area contributed by atoms with Crippen LogP contribution in [0.4, 0.5) is 4.39 Å². The second-order valence-electron chi connectivity index (χ2n) is 6.26. The number of nitrogens with one attached hydrogen (secondary N) is 2. The SMILES string of the molecule is CC(=NNC(=O)c1[nH]c2ccccc2c1C(C)C)c1ccc(F)cc1. The molecule has 1 heterocycles. The van der Waals surface area contributed by atoms with Crippen molar-refractivity contribution in [3.63, 3.8) is 0 Å². The topological polar surface area (TPSA) is 57.2 Å². The number of benzene rings is 2. The summed E-state index contributed by atoms with van der Waals surface area (Å²) in [4.78, 5) is 15.8. The summed E-state index contributed by atoms with van der Waals surface area (Å²) < 4.78 is 13.0. The molecular formula is C20H20FN3O. The summed E-state index contributed by atoms with van der Waals surface area (Å²) in [5, 5.41) is 5.19. The van der Waals surface area contributed by atoms with E-state index in [4.69, 9.17) is 0 Å². The fourth-order valence-corrected chi connectivity index (χ4v) is 2.89. The van der Waals surface area contributed by atoms with E-state index in [1.807, 2.05) is 24.3 Å². The van der Waals surface area contributed by atoms with E-state index in [2.05, 4.69) is 29.4 Å². The minimum Gasteiger partial charge on any atom is -0.350 e. The molecule has 0 spiro atoms. The van der Waals surface area contributed by atoms with Gasteiger partial charge in [0.25, 0.3) is 5.91 Å². The molecular weight excluding hydrogens is 317 g/mol. The molecule has 2 aromatic carbocycles. The smallest absolute Gasteiger partial charge is 0.288 e. The number of hydrogen-bond acceptors (Lipinski definition) is 2. The van der Waals surface area contributed by atoms with Gasteiger partial charge in [0.2, 0.25) is 0 Å². The van der Waals surface area contributed by atoms with Crippen LogP contribution in [0.25, 0.3) is 10.9 Å². The molecule has 0 aliphatic heterocycles. The van der Waals surface area contributed by atoms with E-state index < -0.39 is 0 Å².